The maximum Gasteiger partial charge on any atom is 0.407 e. The lowest BCUT2D eigenvalue weighted by Gasteiger charge is -2.38. The Morgan fingerprint density at radius 2 is 1.12 bits per heavy atom. The summed E-state index contributed by atoms with van der Waals surface area (Å²) < 4.78 is 4.88. The highest BCUT2D eigenvalue weighted by atomic mass is 16.5. The first-order valence-corrected chi connectivity index (χ1v) is 24.4. The molecule has 15 heteroatoms. The van der Waals surface area contributed by atoms with Gasteiger partial charge in [-0.25, -0.2) is 19.6 Å². The number of fused-ring (bicyclic) bond motifs is 2. The monoisotopic (exact) mass is 930 g/mol. The second kappa shape index (κ2) is 18.1. The third kappa shape index (κ3) is 9.12. The predicted molar refractivity (Wildman–Crippen MR) is 264 cm³/mol. The number of benzene rings is 3. The molecular weight excluding hydrogens is 859 g/mol. The number of aromatic nitrogens is 4. The number of methoxy groups -OCH3 is 1. The number of hydrogen-bond acceptors (Lipinski definition) is 8. The van der Waals surface area contributed by atoms with E-state index < -0.39 is 35.3 Å². The topological polar surface area (TPSA) is 189 Å². The Balaban J connectivity index is 1.12. The van der Waals surface area contributed by atoms with Crippen LogP contribution in [0, 0.1) is 11.8 Å². The molecule has 15 nitrogen and oxygen atoms in total. The first kappa shape index (κ1) is 48.3. The predicted octanol–water partition coefficient (Wildman–Crippen LogP) is 10.4. The Labute approximate surface area is 400 Å². The molecule has 8 rings (SSSR count). The van der Waals surface area contributed by atoms with Gasteiger partial charge >= 0.3 is 12.2 Å². The Morgan fingerprint density at radius 3 is 1.51 bits per heavy atom. The van der Waals surface area contributed by atoms with E-state index in [1.165, 1.54) is 12.7 Å². The third-order valence-corrected chi connectivity index (χ3v) is 14.9. The van der Waals surface area contributed by atoms with Gasteiger partial charge < -0.3 is 45.1 Å². The summed E-state index contributed by atoms with van der Waals surface area (Å²) in [5.41, 5.74) is 7.14. The number of anilines is 1. The average molecular weight is 930 g/mol. The van der Waals surface area contributed by atoms with Crippen LogP contribution in [-0.2, 0) is 19.7 Å². The maximum atomic E-state index is 14.3. The molecule has 5 aromatic rings. The van der Waals surface area contributed by atoms with Gasteiger partial charge in [0.25, 0.3) is 0 Å². The second-order valence-electron chi connectivity index (χ2n) is 22.3. The Morgan fingerprint density at radius 1 is 0.676 bits per heavy atom. The molecule has 6 atom stereocenters. The van der Waals surface area contributed by atoms with Crippen molar-refractivity contribution in [1.29, 1.82) is 0 Å². The molecule has 3 fully saturated rings. The molecule has 0 spiro atoms. The molecule has 2 aromatic heterocycles. The first-order chi connectivity index (χ1) is 32.0. The van der Waals surface area contributed by atoms with Gasteiger partial charge in [-0.05, 0) is 137 Å². The van der Waals surface area contributed by atoms with Crippen LogP contribution in [0.25, 0.3) is 22.1 Å². The zero-order valence-corrected chi connectivity index (χ0v) is 41.9. The molecule has 0 radical (unpaired) electrons. The van der Waals surface area contributed by atoms with Crippen LogP contribution in [0.5, 0.6) is 0 Å². The summed E-state index contributed by atoms with van der Waals surface area (Å²) in [4.78, 5) is 76.3. The van der Waals surface area contributed by atoms with Crippen LogP contribution < -0.4 is 15.5 Å². The molecule has 0 saturated carbocycles. The van der Waals surface area contributed by atoms with Crippen LogP contribution in [0.2, 0.25) is 0 Å². The van der Waals surface area contributed by atoms with E-state index in [1.54, 1.807) is 0 Å². The van der Waals surface area contributed by atoms with Gasteiger partial charge in [0.1, 0.15) is 23.7 Å². The molecule has 3 aliphatic heterocycles. The molecule has 3 saturated heterocycles. The lowest BCUT2D eigenvalue weighted by molar-refractivity contribution is -0.141. The largest absolute Gasteiger partial charge is 0.465 e. The molecule has 364 valence electrons. The maximum absolute atomic E-state index is 14.3. The van der Waals surface area contributed by atoms with Crippen molar-refractivity contribution in [2.75, 3.05) is 12.0 Å². The van der Waals surface area contributed by atoms with E-state index >= 15 is 0 Å². The van der Waals surface area contributed by atoms with Crippen molar-refractivity contribution in [1.82, 2.24) is 40.4 Å². The summed E-state index contributed by atoms with van der Waals surface area (Å²) in [7, 11) is 1.30. The number of alkyl carbamates (subject to hydrolysis) is 1. The quantitative estimate of drug-likeness (QED) is 0.0858. The van der Waals surface area contributed by atoms with Crippen molar-refractivity contribution >= 4 is 51.8 Å². The molecule has 0 bridgehead atoms. The van der Waals surface area contributed by atoms with Crippen molar-refractivity contribution < 1.29 is 29.0 Å². The Bertz CT molecular complexity index is 2690. The van der Waals surface area contributed by atoms with E-state index in [9.17, 15) is 24.3 Å². The fraction of sp³-hybridized carbons (Fsp3) is 0.547. The van der Waals surface area contributed by atoms with E-state index in [-0.39, 0.29) is 53.2 Å². The lowest BCUT2D eigenvalue weighted by Crippen LogP contribution is -2.55. The number of hydrogen-bond donors (Lipinski definition) is 5. The average Bonchev–Trinajstić information content (AvgIpc) is 4.11. The number of carbonyl (C=O) groups is 4. The van der Waals surface area contributed by atoms with Gasteiger partial charge in [-0.2, -0.15) is 0 Å². The number of likely N-dealkylation sites (tertiary alicyclic amines) is 2. The summed E-state index contributed by atoms with van der Waals surface area (Å²) in [5.74, 6) is 0.649. The highest BCUT2D eigenvalue weighted by Crippen LogP contribution is 2.49. The second-order valence-corrected chi connectivity index (χ2v) is 22.3. The lowest BCUT2D eigenvalue weighted by atomic mass is 9.87. The fourth-order valence-corrected chi connectivity index (χ4v) is 11.2. The number of nitrogens with one attached hydrogen (secondary N) is 4. The van der Waals surface area contributed by atoms with Crippen LogP contribution in [0.3, 0.4) is 0 Å². The molecular formula is C53H71N9O6. The number of imidazole rings is 2. The Hall–Kier alpha value is -6.12. The molecule has 5 heterocycles. The normalized spacial score (nSPS) is 22.4. The summed E-state index contributed by atoms with van der Waals surface area (Å²) in [6.07, 6.45) is 2.93. The van der Waals surface area contributed by atoms with Crippen LogP contribution >= 0.6 is 0 Å². The number of H-pyrrole nitrogens is 2. The summed E-state index contributed by atoms with van der Waals surface area (Å²) in [5, 5.41) is 14.9. The van der Waals surface area contributed by atoms with Crippen molar-refractivity contribution in [3.05, 3.63) is 89.0 Å². The number of carboxylic acid groups (broad SMARTS) is 1. The minimum Gasteiger partial charge on any atom is -0.465 e. The van der Waals surface area contributed by atoms with E-state index in [4.69, 9.17) is 14.7 Å². The fourth-order valence-electron chi connectivity index (χ4n) is 11.2. The number of ether oxygens (including phenoxy) is 1. The minimum absolute atomic E-state index is 0.00674. The summed E-state index contributed by atoms with van der Waals surface area (Å²) in [6, 6.07) is 19.7. The van der Waals surface area contributed by atoms with Gasteiger partial charge in [0.2, 0.25) is 11.8 Å². The highest BCUT2D eigenvalue weighted by molar-refractivity contribution is 5.88. The number of rotatable bonds is 11. The smallest absolute Gasteiger partial charge is 0.407 e. The van der Waals surface area contributed by atoms with Gasteiger partial charge in [-0.15, -0.1) is 0 Å². The molecule has 0 aliphatic carbocycles. The number of aromatic amines is 2. The zero-order chi connectivity index (χ0) is 49.2. The standard InChI is InChI=1S/C53H71N9O6/c1-29(2)43(58-49(65)66)47(63)61-41(23-25-52(61,8)9)45-54-35-19-13-31(27-37(35)56-45)39-21-22-40(60(39)34-17-15-33(16-18-34)51(5,6)7)32-14-20-36-38(28-32)57-46(55-36)42-24-26-53(10,11)62(42)48(64)44(30(3)4)59-50(67)68-12/h13-20,27-30,39-44,58H,21-26H2,1-12H3,(H,54,56)(H,55,57)(H,59,67)(H,65,66)/t39-,40-,41+,42+,43+,44+/m1/s1. The highest BCUT2D eigenvalue weighted by Gasteiger charge is 2.49. The first-order valence-electron chi connectivity index (χ1n) is 24.4. The van der Waals surface area contributed by atoms with Crippen LogP contribution in [0.15, 0.2) is 60.7 Å². The molecule has 3 aliphatic rings. The number of amides is 4. The molecule has 4 amide bonds. The van der Waals surface area contributed by atoms with Crippen LogP contribution in [-0.4, -0.2) is 89.1 Å². The van der Waals surface area contributed by atoms with Gasteiger partial charge in [0, 0.05) is 16.8 Å². The van der Waals surface area contributed by atoms with Crippen molar-refractivity contribution in [3.8, 4) is 0 Å². The van der Waals surface area contributed by atoms with Gasteiger partial charge in [0.15, 0.2) is 0 Å². The van der Waals surface area contributed by atoms with Gasteiger partial charge in [0.05, 0.1) is 53.3 Å². The zero-order valence-electron chi connectivity index (χ0n) is 41.9. The van der Waals surface area contributed by atoms with E-state index in [0.29, 0.717) is 12.2 Å². The van der Waals surface area contributed by atoms with Gasteiger partial charge in [-0.1, -0.05) is 72.7 Å². The van der Waals surface area contributed by atoms with Crippen molar-refractivity contribution in [2.24, 2.45) is 11.8 Å². The molecule has 5 N–H and O–H groups in total. The third-order valence-electron chi connectivity index (χ3n) is 14.9. The Kier molecular flexibility index (Phi) is 12.9. The van der Waals surface area contributed by atoms with Crippen LogP contribution in [0.1, 0.15) is 167 Å². The van der Waals surface area contributed by atoms with E-state index in [0.717, 1.165) is 76.8 Å². The molecule has 3 aromatic carbocycles. The van der Waals surface area contributed by atoms with E-state index in [2.05, 4.69) is 121 Å². The summed E-state index contributed by atoms with van der Waals surface area (Å²) in [6.45, 7) is 22.5. The van der Waals surface area contributed by atoms with Crippen molar-refractivity contribution in [3.63, 3.8) is 0 Å². The number of carbonyl (C=O) groups excluding carboxylic acids is 3. The SMILES string of the molecule is COC(=O)N[C@H](C(=O)N1[C@H](c2nc3cc([C@H]4CC[C@H](c5ccc6[nH]c([C@@H]7CCC(C)(C)N7C(=O)[C@@H](NC(=O)O)C(C)C)nc6c5)N4c4ccc(C(C)(C)C)cc4)ccc3[nH]2)CCC1(C)C)C(C)C. The number of nitrogens with zero attached hydrogens (tertiary/aromatic N) is 5. The van der Waals surface area contributed by atoms with Crippen molar-refractivity contribution in [2.45, 2.75) is 167 Å². The minimum atomic E-state index is -1.22. The van der Waals surface area contributed by atoms with E-state index in [1.807, 2.05) is 51.3 Å². The van der Waals surface area contributed by atoms with Gasteiger partial charge in [-0.3, -0.25) is 9.59 Å². The molecule has 0 unspecified atom stereocenters. The molecule has 68 heavy (non-hydrogen) atoms. The van der Waals surface area contributed by atoms with Crippen LogP contribution in [0.4, 0.5) is 15.3 Å². The summed E-state index contributed by atoms with van der Waals surface area (Å²) >= 11 is 0.